The van der Waals surface area contributed by atoms with E-state index in [1.165, 1.54) is 13.2 Å². The van der Waals surface area contributed by atoms with Crippen LogP contribution in [0.25, 0.3) is 6.08 Å². The van der Waals surface area contributed by atoms with Gasteiger partial charge in [-0.05, 0) is 18.6 Å². The summed E-state index contributed by atoms with van der Waals surface area (Å²) in [6, 6.07) is 7.23. The molecule has 0 heterocycles. The molecule has 0 bridgehead atoms. The van der Waals surface area contributed by atoms with Crippen molar-refractivity contribution < 1.29 is 14.6 Å². The van der Waals surface area contributed by atoms with Gasteiger partial charge in [-0.15, -0.1) is 0 Å². The summed E-state index contributed by atoms with van der Waals surface area (Å²) in [5.74, 6) is 0.0575. The van der Waals surface area contributed by atoms with Gasteiger partial charge in [0.15, 0.2) is 5.78 Å². The Kier molecular flexibility index (Phi) is 4.57. The molecule has 0 unspecified atom stereocenters. The lowest BCUT2D eigenvalue weighted by Gasteiger charge is -1.98. The molecule has 0 atom stereocenters. The van der Waals surface area contributed by atoms with E-state index in [0.717, 1.165) is 5.56 Å². The van der Waals surface area contributed by atoms with Crippen LogP contribution in [-0.2, 0) is 4.74 Å². The van der Waals surface area contributed by atoms with Crippen LogP contribution in [0.2, 0.25) is 0 Å². The molecule has 80 valence electrons. The highest BCUT2D eigenvalue weighted by Gasteiger charge is 1.96. The second-order valence-electron chi connectivity index (χ2n) is 3.08. The second kappa shape index (κ2) is 5.98. The van der Waals surface area contributed by atoms with Crippen LogP contribution >= 0.6 is 0 Å². The number of benzene rings is 1. The lowest BCUT2D eigenvalue weighted by atomic mass is 10.1. The van der Waals surface area contributed by atoms with Gasteiger partial charge in [-0.25, -0.2) is 0 Å². The average Bonchev–Trinajstić information content (AvgIpc) is 2.25. The monoisotopic (exact) mass is 206 g/mol. The quantitative estimate of drug-likeness (QED) is 0.454. The predicted molar refractivity (Wildman–Crippen MR) is 58.5 cm³/mol. The first kappa shape index (κ1) is 11.5. The Bertz CT molecular complexity index is 338. The molecule has 0 saturated heterocycles. The average molecular weight is 206 g/mol. The number of aliphatic hydroxyl groups excluding tert-OH is 1. The number of ketones is 1. The second-order valence-corrected chi connectivity index (χ2v) is 3.08. The number of carbonyl (C=O) groups is 1. The minimum absolute atomic E-state index is 0.00755. The first-order chi connectivity index (χ1) is 7.24. The number of ether oxygens (including phenoxy) is 1. The van der Waals surface area contributed by atoms with Gasteiger partial charge in [0, 0.05) is 5.56 Å². The largest absolute Gasteiger partial charge is 0.499 e. The summed E-state index contributed by atoms with van der Waals surface area (Å²) in [7, 11) is 0. The normalized spacial score (nSPS) is 10.5. The van der Waals surface area contributed by atoms with Gasteiger partial charge in [-0.3, -0.25) is 4.79 Å². The molecule has 1 N–H and O–H groups in total. The molecule has 1 aromatic carbocycles. The number of rotatable bonds is 5. The van der Waals surface area contributed by atoms with E-state index in [9.17, 15) is 4.79 Å². The standard InChI is InChI=1S/C12H14O3/c1-10(14)12-4-2-11(3-5-12)6-8-15-9-7-13/h2-6,8,13H,7,9H2,1H3/b8-6+. The summed E-state index contributed by atoms with van der Waals surface area (Å²) in [5.41, 5.74) is 1.65. The minimum atomic E-state index is 0.00755. The van der Waals surface area contributed by atoms with Crippen molar-refractivity contribution in [3.63, 3.8) is 0 Å². The van der Waals surface area contributed by atoms with Crippen molar-refractivity contribution in [3.8, 4) is 0 Å². The van der Waals surface area contributed by atoms with E-state index < -0.39 is 0 Å². The Morgan fingerprint density at radius 1 is 1.40 bits per heavy atom. The highest BCUT2D eigenvalue weighted by atomic mass is 16.5. The van der Waals surface area contributed by atoms with Crippen molar-refractivity contribution >= 4 is 11.9 Å². The van der Waals surface area contributed by atoms with Gasteiger partial charge in [-0.2, -0.15) is 0 Å². The first-order valence-electron chi connectivity index (χ1n) is 4.74. The maximum Gasteiger partial charge on any atom is 0.159 e. The van der Waals surface area contributed by atoms with Crippen LogP contribution < -0.4 is 0 Å². The fraction of sp³-hybridized carbons (Fsp3) is 0.250. The van der Waals surface area contributed by atoms with Gasteiger partial charge in [-0.1, -0.05) is 24.3 Å². The molecule has 0 aliphatic heterocycles. The lowest BCUT2D eigenvalue weighted by Crippen LogP contribution is -1.92. The van der Waals surface area contributed by atoms with E-state index in [0.29, 0.717) is 12.2 Å². The molecule has 0 amide bonds. The molecule has 0 aromatic heterocycles. The molecular weight excluding hydrogens is 192 g/mol. The zero-order chi connectivity index (χ0) is 11.1. The first-order valence-corrected chi connectivity index (χ1v) is 4.74. The number of hydrogen-bond acceptors (Lipinski definition) is 3. The molecule has 0 aliphatic carbocycles. The van der Waals surface area contributed by atoms with Crippen LogP contribution in [0.4, 0.5) is 0 Å². The van der Waals surface area contributed by atoms with Crippen LogP contribution in [0.15, 0.2) is 30.5 Å². The van der Waals surface area contributed by atoms with E-state index in [1.807, 2.05) is 12.1 Å². The highest BCUT2D eigenvalue weighted by molar-refractivity contribution is 5.94. The van der Waals surface area contributed by atoms with Crippen LogP contribution in [0.1, 0.15) is 22.8 Å². The van der Waals surface area contributed by atoms with Gasteiger partial charge < -0.3 is 9.84 Å². The fourth-order valence-electron chi connectivity index (χ4n) is 1.08. The summed E-state index contributed by atoms with van der Waals surface area (Å²) >= 11 is 0. The molecule has 0 saturated carbocycles. The number of hydrogen-bond donors (Lipinski definition) is 1. The van der Waals surface area contributed by atoms with Crippen molar-refractivity contribution in [2.75, 3.05) is 13.2 Å². The van der Waals surface area contributed by atoms with Gasteiger partial charge in [0.25, 0.3) is 0 Å². The molecule has 0 radical (unpaired) electrons. The topological polar surface area (TPSA) is 46.5 Å². The smallest absolute Gasteiger partial charge is 0.159 e. The summed E-state index contributed by atoms with van der Waals surface area (Å²) < 4.78 is 4.97. The Morgan fingerprint density at radius 2 is 2.07 bits per heavy atom. The summed E-state index contributed by atoms with van der Waals surface area (Å²) in [4.78, 5) is 11.0. The molecule has 1 aromatic rings. The Hall–Kier alpha value is -1.61. The summed E-state index contributed by atoms with van der Waals surface area (Å²) in [5, 5.41) is 8.46. The van der Waals surface area contributed by atoms with E-state index in [1.54, 1.807) is 18.2 Å². The Labute approximate surface area is 89.0 Å². The molecule has 0 spiro atoms. The van der Waals surface area contributed by atoms with Gasteiger partial charge >= 0.3 is 0 Å². The summed E-state index contributed by atoms with van der Waals surface area (Å²) in [6.45, 7) is 1.84. The van der Waals surface area contributed by atoms with Gasteiger partial charge in [0.1, 0.15) is 6.61 Å². The molecule has 15 heavy (non-hydrogen) atoms. The van der Waals surface area contributed by atoms with E-state index >= 15 is 0 Å². The third-order valence-electron chi connectivity index (χ3n) is 1.88. The van der Waals surface area contributed by atoms with Gasteiger partial charge in [0.2, 0.25) is 0 Å². The minimum Gasteiger partial charge on any atom is -0.499 e. The van der Waals surface area contributed by atoms with Gasteiger partial charge in [0.05, 0.1) is 12.9 Å². The zero-order valence-corrected chi connectivity index (χ0v) is 8.64. The molecule has 3 heteroatoms. The van der Waals surface area contributed by atoms with Crippen molar-refractivity contribution in [1.82, 2.24) is 0 Å². The molecule has 3 nitrogen and oxygen atoms in total. The molecule has 0 fully saturated rings. The molecule has 1 rings (SSSR count). The summed E-state index contributed by atoms with van der Waals surface area (Å²) in [6.07, 6.45) is 3.30. The number of aliphatic hydroxyl groups is 1. The van der Waals surface area contributed by atoms with Crippen LogP contribution in [0.5, 0.6) is 0 Å². The van der Waals surface area contributed by atoms with Crippen LogP contribution in [0, 0.1) is 0 Å². The van der Waals surface area contributed by atoms with Crippen LogP contribution in [0.3, 0.4) is 0 Å². The SMILES string of the molecule is CC(=O)c1ccc(/C=C/OCCO)cc1. The Balaban J connectivity index is 2.56. The van der Waals surface area contributed by atoms with Crippen molar-refractivity contribution in [3.05, 3.63) is 41.7 Å². The third-order valence-corrected chi connectivity index (χ3v) is 1.88. The van der Waals surface area contributed by atoms with E-state index in [2.05, 4.69) is 0 Å². The van der Waals surface area contributed by atoms with Crippen molar-refractivity contribution in [1.29, 1.82) is 0 Å². The fourth-order valence-corrected chi connectivity index (χ4v) is 1.08. The number of Topliss-reactive ketones (excluding diaryl/α,β-unsaturated/α-hetero) is 1. The molecular formula is C12H14O3. The van der Waals surface area contributed by atoms with E-state index in [4.69, 9.17) is 9.84 Å². The van der Waals surface area contributed by atoms with E-state index in [-0.39, 0.29) is 12.4 Å². The Morgan fingerprint density at radius 3 is 2.60 bits per heavy atom. The maximum absolute atomic E-state index is 11.0. The number of carbonyl (C=O) groups excluding carboxylic acids is 1. The third kappa shape index (κ3) is 3.95. The zero-order valence-electron chi connectivity index (χ0n) is 8.64. The van der Waals surface area contributed by atoms with Crippen LogP contribution in [-0.4, -0.2) is 24.1 Å². The van der Waals surface area contributed by atoms with Crippen molar-refractivity contribution in [2.45, 2.75) is 6.92 Å². The highest BCUT2D eigenvalue weighted by Crippen LogP contribution is 2.06. The lowest BCUT2D eigenvalue weighted by molar-refractivity contribution is 0.101. The predicted octanol–water partition coefficient (Wildman–Crippen LogP) is 1.87. The van der Waals surface area contributed by atoms with Crippen molar-refractivity contribution in [2.24, 2.45) is 0 Å². The molecule has 0 aliphatic rings. The maximum atomic E-state index is 11.0.